The molecule has 0 aliphatic heterocycles. The molecule has 11 heteroatoms. The van der Waals surface area contributed by atoms with E-state index in [-0.39, 0.29) is 36.2 Å². The van der Waals surface area contributed by atoms with E-state index in [0.29, 0.717) is 18.1 Å². The van der Waals surface area contributed by atoms with Crippen LogP contribution in [0.25, 0.3) is 0 Å². The molecule has 0 spiro atoms. The van der Waals surface area contributed by atoms with Gasteiger partial charge in [-0.2, -0.15) is 0 Å². The lowest BCUT2D eigenvalue weighted by molar-refractivity contribution is -0.870. The van der Waals surface area contributed by atoms with Crippen molar-refractivity contribution in [3.63, 3.8) is 0 Å². The first-order valence-corrected chi connectivity index (χ1v) is 16.2. The summed E-state index contributed by atoms with van der Waals surface area (Å²) in [6.07, 6.45) is 12.0. The Bertz CT molecular complexity index is 1050. The fourth-order valence-corrected chi connectivity index (χ4v) is 8.12. The highest BCUT2D eigenvalue weighted by Gasteiger charge is 2.58. The molecule has 0 aromatic carbocycles. The van der Waals surface area contributed by atoms with Gasteiger partial charge < -0.3 is 33.7 Å². The summed E-state index contributed by atoms with van der Waals surface area (Å²) in [7, 11) is 6.36. The molecule has 44 heavy (non-hydrogen) atoms. The van der Waals surface area contributed by atoms with Crippen molar-refractivity contribution in [2.24, 2.45) is 28.6 Å². The first kappa shape index (κ1) is 36.0. The van der Waals surface area contributed by atoms with Crippen molar-refractivity contribution in [2.75, 3.05) is 47.8 Å². The number of carbonyl (C=O) groups is 4. The van der Waals surface area contributed by atoms with E-state index in [1.54, 1.807) is 0 Å². The fourth-order valence-electron chi connectivity index (χ4n) is 8.12. The van der Waals surface area contributed by atoms with Gasteiger partial charge in [-0.05, 0) is 98.9 Å². The number of esters is 2. The maximum atomic E-state index is 11.8. The summed E-state index contributed by atoms with van der Waals surface area (Å²) in [6, 6.07) is 0. The van der Waals surface area contributed by atoms with Crippen molar-refractivity contribution in [1.29, 1.82) is 0 Å². The lowest BCUT2D eigenvalue weighted by Gasteiger charge is -2.57. The van der Waals surface area contributed by atoms with Gasteiger partial charge in [-0.3, -0.25) is 19.7 Å². The molecule has 0 radical (unpaired) electrons. The number of rotatable bonds is 12. The molecule has 3 fully saturated rings. The number of ether oxygens (including phenoxy) is 3. The van der Waals surface area contributed by atoms with E-state index in [9.17, 15) is 29.4 Å². The van der Waals surface area contributed by atoms with Gasteiger partial charge in [-0.25, -0.2) is 0 Å². The van der Waals surface area contributed by atoms with E-state index in [2.05, 4.69) is 49.8 Å². The van der Waals surface area contributed by atoms with Crippen LogP contribution in [0.3, 0.4) is 0 Å². The van der Waals surface area contributed by atoms with E-state index < -0.39 is 18.9 Å². The molecule has 0 amide bonds. The number of quaternary nitrogens is 1. The Morgan fingerprint density at radius 3 is 2.41 bits per heavy atom. The van der Waals surface area contributed by atoms with Crippen molar-refractivity contribution < 1.29 is 48.1 Å². The van der Waals surface area contributed by atoms with Crippen molar-refractivity contribution in [2.45, 2.75) is 97.0 Å². The zero-order chi connectivity index (χ0) is 32.5. The summed E-state index contributed by atoms with van der Waals surface area (Å²) in [5.41, 5.74) is 1.89. The average molecular weight is 623 g/mol. The number of carboxylic acid groups (broad SMARTS) is 1. The molecule has 0 aromatic heterocycles. The summed E-state index contributed by atoms with van der Waals surface area (Å²) in [5.74, 6) is 1.50. The second kappa shape index (κ2) is 15.7. The van der Waals surface area contributed by atoms with Gasteiger partial charge in [0.25, 0.3) is 6.16 Å². The molecule has 250 valence electrons. The van der Waals surface area contributed by atoms with Crippen LogP contribution in [-0.2, 0) is 28.6 Å². The van der Waals surface area contributed by atoms with Crippen LogP contribution in [-0.4, -0.2) is 87.3 Å². The van der Waals surface area contributed by atoms with Gasteiger partial charge in [0, 0.05) is 12.8 Å². The van der Waals surface area contributed by atoms with Crippen molar-refractivity contribution >= 4 is 23.9 Å². The van der Waals surface area contributed by atoms with Crippen LogP contribution in [0.5, 0.6) is 0 Å². The summed E-state index contributed by atoms with van der Waals surface area (Å²) in [4.78, 5) is 44.2. The van der Waals surface area contributed by atoms with Crippen LogP contribution in [0.4, 0.5) is 4.79 Å². The van der Waals surface area contributed by atoms with Gasteiger partial charge >= 0.3 is 11.9 Å². The van der Waals surface area contributed by atoms with Gasteiger partial charge in [-0.15, -0.1) is 0 Å². The van der Waals surface area contributed by atoms with Crippen molar-refractivity contribution in [1.82, 2.24) is 5.32 Å². The topological polar surface area (TPSA) is 151 Å². The summed E-state index contributed by atoms with van der Waals surface area (Å²) in [5, 5.41) is 22.9. The van der Waals surface area contributed by atoms with E-state index in [4.69, 9.17) is 4.74 Å². The summed E-state index contributed by atoms with van der Waals surface area (Å²) >= 11 is 0. The first-order valence-electron chi connectivity index (χ1n) is 16.2. The Balaban J connectivity index is 0.000000240. The number of ketones is 1. The standard InChI is InChI=1S/C19H28O2.C14H26N2O7/c1-18-9-7-13(20)11-12(18)3-4-14-15-5-6-17(21)19(15,2)10-8-16(14)18;1-16(2,3)8-6-4-5-7-12(17)21-10-15-9-13(18)22-11-23-14(19)20/h11,14-17,21H,3-10H2,1-2H3;15H,4-11H2,1-3H3/t14?,15?,16?,17-,18-,19-;/m0./s1. The Morgan fingerprint density at radius 2 is 1.70 bits per heavy atom. The molecule has 4 rings (SSSR count). The zero-order valence-electron chi connectivity index (χ0n) is 27.4. The van der Waals surface area contributed by atoms with Crippen LogP contribution < -0.4 is 10.4 Å². The molecule has 4 aliphatic carbocycles. The van der Waals surface area contributed by atoms with Gasteiger partial charge in [0.1, 0.15) is 6.73 Å². The third-order valence-corrected chi connectivity index (χ3v) is 10.6. The number of carbonyl (C=O) groups excluding carboxylic acids is 4. The lowest BCUT2D eigenvalue weighted by atomic mass is 9.47. The van der Waals surface area contributed by atoms with Crippen LogP contribution in [0.1, 0.15) is 90.9 Å². The third kappa shape index (κ3) is 9.75. The Hall–Kier alpha value is -2.50. The lowest BCUT2D eigenvalue weighted by Crippen LogP contribution is -2.51. The molecular weight excluding hydrogens is 568 g/mol. The van der Waals surface area contributed by atoms with E-state index >= 15 is 0 Å². The Labute approximate surface area is 262 Å². The van der Waals surface area contributed by atoms with Crippen LogP contribution in [0, 0.1) is 28.6 Å². The number of nitrogens with one attached hydrogen (secondary N) is 1. The molecule has 2 N–H and O–H groups in total. The molecule has 0 heterocycles. The van der Waals surface area contributed by atoms with E-state index in [1.165, 1.54) is 31.3 Å². The first-order chi connectivity index (χ1) is 20.7. The number of aliphatic hydroxyl groups is 1. The van der Waals surface area contributed by atoms with Gasteiger partial charge in [0.15, 0.2) is 12.6 Å². The van der Waals surface area contributed by atoms with E-state index in [0.717, 1.165) is 67.8 Å². The normalized spacial score (nSPS) is 30.9. The fraction of sp³-hybridized carbons (Fsp3) is 0.818. The maximum absolute atomic E-state index is 11.8. The summed E-state index contributed by atoms with van der Waals surface area (Å²) in [6.45, 7) is 4.75. The SMILES string of the molecule is C[C@]12CCC(=O)C=C1CCC1C2CC[C@@]2(C)C1CC[C@@H]2O.C[N+](C)(C)CCCCCC(=O)OCNCC(=O)OCOC(=O)[O-]. The van der Waals surface area contributed by atoms with Gasteiger partial charge in [0.05, 0.1) is 40.3 Å². The molecule has 0 bridgehead atoms. The van der Waals surface area contributed by atoms with E-state index in [1.807, 2.05) is 6.08 Å². The number of fused-ring (bicyclic) bond motifs is 5. The minimum atomic E-state index is -1.78. The monoisotopic (exact) mass is 622 g/mol. The molecule has 3 saturated carbocycles. The molecule has 0 aromatic rings. The van der Waals surface area contributed by atoms with Crippen molar-refractivity contribution in [3.05, 3.63) is 11.6 Å². The minimum Gasteiger partial charge on any atom is -0.513 e. The van der Waals surface area contributed by atoms with Crippen LogP contribution in [0.2, 0.25) is 0 Å². The van der Waals surface area contributed by atoms with Crippen LogP contribution in [0.15, 0.2) is 11.6 Å². The van der Waals surface area contributed by atoms with Crippen molar-refractivity contribution in [3.8, 4) is 0 Å². The number of nitrogens with zero attached hydrogens (tertiary/aromatic N) is 1. The highest BCUT2D eigenvalue weighted by Crippen LogP contribution is 2.65. The second-order valence-electron chi connectivity index (χ2n) is 14.5. The minimum absolute atomic E-state index is 0.0823. The van der Waals surface area contributed by atoms with Gasteiger partial charge in [-0.1, -0.05) is 19.4 Å². The highest BCUT2D eigenvalue weighted by atomic mass is 16.7. The average Bonchev–Trinajstić information content (AvgIpc) is 3.25. The second-order valence-corrected chi connectivity index (χ2v) is 14.5. The summed E-state index contributed by atoms with van der Waals surface area (Å²) < 4.78 is 14.1. The largest absolute Gasteiger partial charge is 0.513 e. The molecule has 4 aliphatic rings. The zero-order valence-corrected chi connectivity index (χ0v) is 27.4. The molecular formula is C33H54N2O9. The highest BCUT2D eigenvalue weighted by molar-refractivity contribution is 5.91. The molecule has 3 unspecified atom stereocenters. The maximum Gasteiger partial charge on any atom is 0.321 e. The predicted octanol–water partition coefficient (Wildman–Crippen LogP) is 3.08. The quantitative estimate of drug-likeness (QED) is 0.144. The Kier molecular flexibility index (Phi) is 12.8. The number of allylic oxidation sites excluding steroid dienone is 1. The number of hydrogen-bond donors (Lipinski definition) is 2. The molecule has 6 atom stereocenters. The predicted molar refractivity (Wildman–Crippen MR) is 160 cm³/mol. The third-order valence-electron chi connectivity index (χ3n) is 10.6. The van der Waals surface area contributed by atoms with Gasteiger partial charge in [0.2, 0.25) is 0 Å². The number of aliphatic hydroxyl groups excluding tert-OH is 1. The molecule has 11 nitrogen and oxygen atoms in total. The number of hydrogen-bond acceptors (Lipinski definition) is 10. The smallest absolute Gasteiger partial charge is 0.321 e. The number of unbranched alkanes of at least 4 members (excludes halogenated alkanes) is 2. The Morgan fingerprint density at radius 1 is 0.955 bits per heavy atom. The van der Waals surface area contributed by atoms with Crippen LogP contribution >= 0.6 is 0 Å². The molecule has 0 saturated heterocycles.